The monoisotopic (exact) mass is 327 g/mol. The van der Waals surface area contributed by atoms with Gasteiger partial charge in [0.25, 0.3) is 5.91 Å². The van der Waals surface area contributed by atoms with E-state index >= 15 is 0 Å². The lowest BCUT2D eigenvalue weighted by Gasteiger charge is -2.22. The van der Waals surface area contributed by atoms with E-state index < -0.39 is 0 Å². The minimum absolute atomic E-state index is 0.0535. The Hall–Kier alpha value is -1.22. The van der Waals surface area contributed by atoms with Gasteiger partial charge in [-0.2, -0.15) is 0 Å². The fourth-order valence-electron chi connectivity index (χ4n) is 1.98. The standard InChI is InChI=1S/C13H17N3O3S2/c1-16(2)13-15-12-10(21-13)5-9(20-12)11(17)14-6-8-7-18-3-4-19-8/h5,8H,3-4,6-7H2,1-2H3,(H,14,17). The normalized spacial score (nSPS) is 18.9. The van der Waals surface area contributed by atoms with Gasteiger partial charge in [0.15, 0.2) is 5.13 Å². The van der Waals surface area contributed by atoms with Gasteiger partial charge in [-0.05, 0) is 6.07 Å². The van der Waals surface area contributed by atoms with Crippen LogP contribution >= 0.6 is 22.7 Å². The maximum absolute atomic E-state index is 12.1. The molecule has 0 bridgehead atoms. The van der Waals surface area contributed by atoms with Crippen molar-refractivity contribution in [1.29, 1.82) is 0 Å². The van der Waals surface area contributed by atoms with Crippen molar-refractivity contribution in [3.63, 3.8) is 0 Å². The summed E-state index contributed by atoms with van der Waals surface area (Å²) in [6.45, 7) is 2.23. The first-order chi connectivity index (χ1) is 10.1. The van der Waals surface area contributed by atoms with Gasteiger partial charge in [0.05, 0.1) is 35.5 Å². The Labute approximate surface area is 130 Å². The number of carbonyl (C=O) groups is 1. The van der Waals surface area contributed by atoms with E-state index in [9.17, 15) is 4.79 Å². The zero-order valence-corrected chi connectivity index (χ0v) is 13.6. The molecule has 0 radical (unpaired) electrons. The van der Waals surface area contributed by atoms with Gasteiger partial charge in [0.2, 0.25) is 0 Å². The van der Waals surface area contributed by atoms with Gasteiger partial charge in [-0.1, -0.05) is 11.3 Å². The first kappa shape index (κ1) is 14.7. The van der Waals surface area contributed by atoms with Gasteiger partial charge in [0, 0.05) is 20.6 Å². The summed E-state index contributed by atoms with van der Waals surface area (Å²) in [6, 6.07) is 1.90. The smallest absolute Gasteiger partial charge is 0.261 e. The summed E-state index contributed by atoms with van der Waals surface area (Å²) >= 11 is 3.01. The lowest BCUT2D eigenvalue weighted by Crippen LogP contribution is -2.39. The molecule has 114 valence electrons. The number of rotatable bonds is 4. The van der Waals surface area contributed by atoms with Crippen molar-refractivity contribution in [2.45, 2.75) is 6.10 Å². The highest BCUT2D eigenvalue weighted by Gasteiger charge is 2.18. The number of hydrogen-bond donors (Lipinski definition) is 1. The van der Waals surface area contributed by atoms with E-state index in [1.165, 1.54) is 11.3 Å². The van der Waals surface area contributed by atoms with E-state index in [0.717, 1.165) is 14.7 Å². The van der Waals surface area contributed by atoms with Crippen LogP contribution in [0.4, 0.5) is 5.13 Å². The number of aromatic nitrogens is 1. The molecule has 1 amide bonds. The van der Waals surface area contributed by atoms with Gasteiger partial charge >= 0.3 is 0 Å². The predicted molar refractivity (Wildman–Crippen MR) is 84.7 cm³/mol. The number of ether oxygens (including phenoxy) is 2. The maximum Gasteiger partial charge on any atom is 0.261 e. The van der Waals surface area contributed by atoms with Crippen LogP contribution < -0.4 is 10.2 Å². The van der Waals surface area contributed by atoms with E-state index in [4.69, 9.17) is 9.47 Å². The van der Waals surface area contributed by atoms with Crippen LogP contribution in [0.5, 0.6) is 0 Å². The number of nitrogens with one attached hydrogen (secondary N) is 1. The van der Waals surface area contributed by atoms with Gasteiger partial charge in [-0.3, -0.25) is 4.79 Å². The Morgan fingerprint density at radius 2 is 2.33 bits per heavy atom. The molecule has 1 aliphatic heterocycles. The van der Waals surface area contributed by atoms with E-state index in [-0.39, 0.29) is 12.0 Å². The Morgan fingerprint density at radius 3 is 3.00 bits per heavy atom. The van der Waals surface area contributed by atoms with Crippen molar-refractivity contribution < 1.29 is 14.3 Å². The Kier molecular flexibility index (Phi) is 4.39. The molecule has 1 aliphatic rings. The van der Waals surface area contributed by atoms with Crippen molar-refractivity contribution >= 4 is 43.2 Å². The summed E-state index contributed by atoms with van der Waals surface area (Å²) in [5.41, 5.74) is 0. The fraction of sp³-hybridized carbons (Fsp3) is 0.538. The molecule has 1 saturated heterocycles. The highest BCUT2D eigenvalue weighted by atomic mass is 32.1. The van der Waals surface area contributed by atoms with Crippen LogP contribution in [0.2, 0.25) is 0 Å². The molecule has 2 aromatic rings. The Morgan fingerprint density at radius 1 is 1.48 bits per heavy atom. The Bertz CT molecular complexity index is 600. The number of thiazole rings is 1. The third kappa shape index (κ3) is 3.34. The number of thiophene rings is 1. The summed E-state index contributed by atoms with van der Waals surface area (Å²) in [5, 5.41) is 3.84. The summed E-state index contributed by atoms with van der Waals surface area (Å²) in [7, 11) is 3.92. The van der Waals surface area contributed by atoms with Crippen LogP contribution in [-0.4, -0.2) is 57.5 Å². The predicted octanol–water partition coefficient (Wildman–Crippen LogP) is 1.57. The molecule has 6 nitrogen and oxygen atoms in total. The van der Waals surface area contributed by atoms with Crippen LogP contribution in [-0.2, 0) is 9.47 Å². The second kappa shape index (κ2) is 6.27. The van der Waals surface area contributed by atoms with Gasteiger partial charge in [0.1, 0.15) is 4.83 Å². The second-order valence-corrected chi connectivity index (χ2v) is 6.99. The lowest BCUT2D eigenvalue weighted by molar-refractivity contribution is -0.0855. The zero-order valence-electron chi connectivity index (χ0n) is 11.9. The van der Waals surface area contributed by atoms with Crippen molar-refractivity contribution in [3.05, 3.63) is 10.9 Å². The largest absolute Gasteiger partial charge is 0.376 e. The minimum atomic E-state index is -0.0780. The zero-order chi connectivity index (χ0) is 14.8. The molecule has 2 aromatic heterocycles. The summed E-state index contributed by atoms with van der Waals surface area (Å²) < 4.78 is 11.9. The van der Waals surface area contributed by atoms with Crippen molar-refractivity contribution in [2.24, 2.45) is 0 Å². The molecule has 3 rings (SSSR count). The molecule has 1 atom stereocenters. The SMILES string of the molecule is CN(C)c1nc2sc(C(=O)NCC3COCCO3)cc2s1. The molecule has 1 N–H and O–H groups in total. The molecule has 3 heterocycles. The van der Waals surface area contributed by atoms with Crippen LogP contribution in [0.1, 0.15) is 9.67 Å². The van der Waals surface area contributed by atoms with Crippen LogP contribution in [0.25, 0.3) is 9.53 Å². The van der Waals surface area contributed by atoms with Crippen LogP contribution in [0.15, 0.2) is 6.07 Å². The van der Waals surface area contributed by atoms with E-state index in [2.05, 4.69) is 10.3 Å². The molecule has 21 heavy (non-hydrogen) atoms. The van der Waals surface area contributed by atoms with E-state index in [1.807, 2.05) is 25.1 Å². The molecule has 0 aromatic carbocycles. The summed E-state index contributed by atoms with van der Waals surface area (Å²) in [4.78, 5) is 20.2. The average molecular weight is 327 g/mol. The van der Waals surface area contributed by atoms with Crippen molar-refractivity contribution in [1.82, 2.24) is 10.3 Å². The molecule has 8 heteroatoms. The molecule has 0 aliphatic carbocycles. The number of anilines is 1. The van der Waals surface area contributed by atoms with Crippen molar-refractivity contribution in [2.75, 3.05) is 45.4 Å². The van der Waals surface area contributed by atoms with Crippen LogP contribution in [0, 0.1) is 0 Å². The summed E-state index contributed by atoms with van der Waals surface area (Å²) in [5.74, 6) is -0.0780. The van der Waals surface area contributed by atoms with Crippen LogP contribution in [0.3, 0.4) is 0 Å². The molecule has 1 fully saturated rings. The minimum Gasteiger partial charge on any atom is -0.376 e. The third-order valence-corrected chi connectivity index (χ3v) is 5.39. The number of hydrogen-bond acceptors (Lipinski definition) is 7. The quantitative estimate of drug-likeness (QED) is 0.923. The second-order valence-electron chi connectivity index (χ2n) is 4.95. The lowest BCUT2D eigenvalue weighted by atomic mass is 10.3. The maximum atomic E-state index is 12.1. The topological polar surface area (TPSA) is 63.7 Å². The highest BCUT2D eigenvalue weighted by molar-refractivity contribution is 7.29. The Balaban J connectivity index is 1.62. The molecular formula is C13H17N3O3S2. The average Bonchev–Trinajstić information content (AvgIpc) is 3.04. The summed E-state index contributed by atoms with van der Waals surface area (Å²) in [6.07, 6.45) is -0.0535. The van der Waals surface area contributed by atoms with E-state index in [1.54, 1.807) is 11.3 Å². The first-order valence-electron chi connectivity index (χ1n) is 6.68. The number of amides is 1. The van der Waals surface area contributed by atoms with Gasteiger partial charge in [-0.15, -0.1) is 11.3 Å². The third-order valence-electron chi connectivity index (χ3n) is 3.06. The number of fused-ring (bicyclic) bond motifs is 1. The first-order valence-corrected chi connectivity index (χ1v) is 8.32. The fourth-order valence-corrected chi connectivity index (χ4v) is 4.02. The number of carbonyl (C=O) groups excluding carboxylic acids is 1. The molecule has 0 spiro atoms. The van der Waals surface area contributed by atoms with Gasteiger partial charge < -0.3 is 19.7 Å². The highest BCUT2D eigenvalue weighted by Crippen LogP contribution is 2.33. The van der Waals surface area contributed by atoms with Gasteiger partial charge in [-0.25, -0.2) is 4.98 Å². The van der Waals surface area contributed by atoms with Crippen molar-refractivity contribution in [3.8, 4) is 0 Å². The number of nitrogens with zero attached hydrogens (tertiary/aromatic N) is 2. The molecule has 0 saturated carbocycles. The van der Waals surface area contributed by atoms with E-state index in [0.29, 0.717) is 31.2 Å². The molecule has 1 unspecified atom stereocenters. The molecular weight excluding hydrogens is 310 g/mol.